The Kier molecular flexibility index (Phi) is 3.21. The van der Waals surface area contributed by atoms with Crippen LogP contribution in [0, 0.1) is 17.1 Å². The van der Waals surface area contributed by atoms with Gasteiger partial charge < -0.3 is 0 Å². The summed E-state index contributed by atoms with van der Waals surface area (Å²) in [6.07, 6.45) is 3.81. The van der Waals surface area contributed by atoms with E-state index >= 15 is 0 Å². The van der Waals surface area contributed by atoms with Crippen LogP contribution in [0.3, 0.4) is 0 Å². The zero-order valence-corrected chi connectivity index (χ0v) is 9.41. The molecule has 1 saturated carbocycles. The van der Waals surface area contributed by atoms with E-state index in [-0.39, 0.29) is 5.56 Å². The topological polar surface area (TPSA) is 27.0 Å². The number of rotatable bonds is 3. The van der Waals surface area contributed by atoms with Gasteiger partial charge in [-0.1, -0.05) is 12.5 Å². The molecule has 0 N–H and O–H groups in total. The van der Waals surface area contributed by atoms with Gasteiger partial charge in [0.2, 0.25) is 0 Å². The van der Waals surface area contributed by atoms with Gasteiger partial charge in [-0.3, -0.25) is 4.90 Å². The predicted molar refractivity (Wildman–Crippen MR) is 60.2 cm³/mol. The molecule has 0 spiro atoms. The molecule has 0 amide bonds. The van der Waals surface area contributed by atoms with Crippen LogP contribution in [0.5, 0.6) is 0 Å². The van der Waals surface area contributed by atoms with Crippen LogP contribution in [0.15, 0.2) is 18.2 Å². The molecular formula is C13H15FN2. The van der Waals surface area contributed by atoms with Crippen LogP contribution in [0.25, 0.3) is 0 Å². The maximum absolute atomic E-state index is 13.1. The number of benzene rings is 1. The largest absolute Gasteiger partial charge is 0.299 e. The van der Waals surface area contributed by atoms with E-state index in [0.717, 1.165) is 12.1 Å². The van der Waals surface area contributed by atoms with Crippen LogP contribution in [0.1, 0.15) is 30.4 Å². The third kappa shape index (κ3) is 2.23. The van der Waals surface area contributed by atoms with Gasteiger partial charge in [-0.15, -0.1) is 0 Å². The maximum atomic E-state index is 13.1. The Morgan fingerprint density at radius 3 is 2.81 bits per heavy atom. The van der Waals surface area contributed by atoms with Crippen LogP contribution in [0.4, 0.5) is 4.39 Å². The van der Waals surface area contributed by atoms with E-state index in [9.17, 15) is 4.39 Å². The van der Waals surface area contributed by atoms with E-state index in [1.807, 2.05) is 6.07 Å². The van der Waals surface area contributed by atoms with Crippen LogP contribution in [-0.4, -0.2) is 18.0 Å². The molecule has 3 heteroatoms. The Bertz CT molecular complexity index is 418. The Hall–Kier alpha value is -1.40. The second-order valence-corrected chi connectivity index (χ2v) is 4.43. The first-order chi connectivity index (χ1) is 7.70. The third-order valence-corrected chi connectivity index (χ3v) is 3.28. The van der Waals surface area contributed by atoms with Gasteiger partial charge in [0.15, 0.2) is 0 Å². The van der Waals surface area contributed by atoms with Gasteiger partial charge in [0.1, 0.15) is 11.9 Å². The third-order valence-electron chi connectivity index (χ3n) is 3.28. The van der Waals surface area contributed by atoms with Gasteiger partial charge >= 0.3 is 0 Å². The minimum Gasteiger partial charge on any atom is -0.299 e. The first-order valence-corrected chi connectivity index (χ1v) is 5.59. The molecule has 16 heavy (non-hydrogen) atoms. The summed E-state index contributed by atoms with van der Waals surface area (Å²) in [5.74, 6) is -0.433. The Balaban J connectivity index is 2.06. The first kappa shape index (κ1) is 11.1. The Labute approximate surface area is 95.3 Å². The van der Waals surface area contributed by atoms with Crippen LogP contribution >= 0.6 is 0 Å². The second-order valence-electron chi connectivity index (χ2n) is 4.43. The lowest BCUT2D eigenvalue weighted by Crippen LogP contribution is -2.36. The van der Waals surface area contributed by atoms with E-state index in [2.05, 4.69) is 11.9 Å². The molecule has 0 bridgehead atoms. The number of nitriles is 1. The first-order valence-electron chi connectivity index (χ1n) is 5.59. The van der Waals surface area contributed by atoms with Crippen molar-refractivity contribution in [1.82, 2.24) is 4.90 Å². The Morgan fingerprint density at radius 1 is 1.50 bits per heavy atom. The summed E-state index contributed by atoms with van der Waals surface area (Å²) >= 11 is 0. The molecule has 1 aliphatic carbocycles. The average Bonchev–Trinajstić information content (AvgIpc) is 2.18. The summed E-state index contributed by atoms with van der Waals surface area (Å²) in [6, 6.07) is 7.31. The van der Waals surface area contributed by atoms with Gasteiger partial charge in [-0.2, -0.15) is 5.26 Å². The summed E-state index contributed by atoms with van der Waals surface area (Å²) < 4.78 is 13.1. The smallest absolute Gasteiger partial charge is 0.140 e. The lowest BCUT2D eigenvalue weighted by Gasteiger charge is -2.34. The van der Waals surface area contributed by atoms with Crippen molar-refractivity contribution in [2.75, 3.05) is 7.05 Å². The molecule has 1 aromatic carbocycles. The highest BCUT2D eigenvalue weighted by atomic mass is 19.1. The highest BCUT2D eigenvalue weighted by Gasteiger charge is 2.21. The van der Waals surface area contributed by atoms with E-state index in [0.29, 0.717) is 6.04 Å². The van der Waals surface area contributed by atoms with Gasteiger partial charge in [0.25, 0.3) is 0 Å². The molecule has 0 atom stereocenters. The molecule has 0 heterocycles. The molecule has 84 valence electrons. The van der Waals surface area contributed by atoms with Crippen molar-refractivity contribution >= 4 is 0 Å². The minimum atomic E-state index is -0.433. The molecule has 0 saturated heterocycles. The van der Waals surface area contributed by atoms with Crippen molar-refractivity contribution in [3.05, 3.63) is 35.1 Å². The SMILES string of the molecule is CN(Cc1ccc(F)c(C#N)c1)C1CCC1. The van der Waals surface area contributed by atoms with Gasteiger partial charge in [-0.05, 0) is 37.6 Å². The number of hydrogen-bond acceptors (Lipinski definition) is 2. The van der Waals surface area contributed by atoms with Gasteiger partial charge in [0, 0.05) is 12.6 Å². The van der Waals surface area contributed by atoms with Crippen molar-refractivity contribution in [1.29, 1.82) is 5.26 Å². The standard InChI is InChI=1S/C13H15FN2/c1-16(12-3-2-4-12)9-10-5-6-13(14)11(7-10)8-15/h5-7,12H,2-4,9H2,1H3. The number of halogens is 1. The molecular weight excluding hydrogens is 203 g/mol. The lowest BCUT2D eigenvalue weighted by atomic mass is 9.91. The molecule has 0 aliphatic heterocycles. The quantitative estimate of drug-likeness (QED) is 0.780. The fourth-order valence-corrected chi connectivity index (χ4v) is 2.00. The molecule has 2 nitrogen and oxygen atoms in total. The van der Waals surface area contributed by atoms with E-state index < -0.39 is 5.82 Å². The molecule has 1 fully saturated rings. The van der Waals surface area contributed by atoms with Crippen molar-refractivity contribution in [3.63, 3.8) is 0 Å². The molecule has 0 aromatic heterocycles. The fourth-order valence-electron chi connectivity index (χ4n) is 2.00. The summed E-state index contributed by atoms with van der Waals surface area (Å²) in [4.78, 5) is 2.28. The lowest BCUT2D eigenvalue weighted by molar-refractivity contribution is 0.152. The summed E-state index contributed by atoms with van der Waals surface area (Å²) in [5.41, 5.74) is 1.15. The van der Waals surface area contributed by atoms with Crippen molar-refractivity contribution in [2.45, 2.75) is 31.8 Å². The number of nitrogens with zero attached hydrogens (tertiary/aromatic N) is 2. The van der Waals surface area contributed by atoms with Crippen LogP contribution < -0.4 is 0 Å². The predicted octanol–water partition coefficient (Wildman–Crippen LogP) is 2.68. The maximum Gasteiger partial charge on any atom is 0.140 e. The summed E-state index contributed by atoms with van der Waals surface area (Å²) in [6.45, 7) is 0.791. The van der Waals surface area contributed by atoms with E-state index in [1.54, 1.807) is 12.1 Å². The van der Waals surface area contributed by atoms with E-state index in [4.69, 9.17) is 5.26 Å². The molecule has 1 aliphatic rings. The fraction of sp³-hybridized carbons (Fsp3) is 0.462. The number of hydrogen-bond donors (Lipinski definition) is 0. The average molecular weight is 218 g/mol. The molecule has 2 rings (SSSR count). The molecule has 0 unspecified atom stereocenters. The van der Waals surface area contributed by atoms with E-state index in [1.165, 1.54) is 25.3 Å². The zero-order valence-electron chi connectivity index (χ0n) is 9.41. The zero-order chi connectivity index (χ0) is 11.5. The van der Waals surface area contributed by atoms with Gasteiger partial charge in [0.05, 0.1) is 5.56 Å². The second kappa shape index (κ2) is 4.63. The highest BCUT2D eigenvalue weighted by molar-refractivity contribution is 5.34. The highest BCUT2D eigenvalue weighted by Crippen LogP contribution is 2.25. The monoisotopic (exact) mass is 218 g/mol. The normalized spacial score (nSPS) is 15.9. The van der Waals surface area contributed by atoms with Crippen molar-refractivity contribution in [3.8, 4) is 6.07 Å². The van der Waals surface area contributed by atoms with Crippen LogP contribution in [-0.2, 0) is 6.54 Å². The Morgan fingerprint density at radius 2 is 2.25 bits per heavy atom. The summed E-state index contributed by atoms with van der Waals surface area (Å²) in [7, 11) is 2.08. The minimum absolute atomic E-state index is 0.138. The summed E-state index contributed by atoms with van der Waals surface area (Å²) in [5, 5.41) is 8.74. The molecule has 0 radical (unpaired) electrons. The van der Waals surface area contributed by atoms with Crippen molar-refractivity contribution < 1.29 is 4.39 Å². The molecule has 1 aromatic rings. The van der Waals surface area contributed by atoms with Crippen LogP contribution in [0.2, 0.25) is 0 Å². The van der Waals surface area contributed by atoms with Crippen molar-refractivity contribution in [2.24, 2.45) is 0 Å². The van der Waals surface area contributed by atoms with Gasteiger partial charge in [-0.25, -0.2) is 4.39 Å².